The van der Waals surface area contributed by atoms with E-state index in [9.17, 15) is 26.3 Å². The monoisotopic (exact) mass is 392 g/mol. The minimum atomic E-state index is -5.09. The average Bonchev–Trinajstić information content (AvgIpc) is 2.57. The van der Waals surface area contributed by atoms with Gasteiger partial charge in [0.25, 0.3) is 0 Å². The largest absolute Gasteiger partial charge is 0.573 e. The summed E-state index contributed by atoms with van der Waals surface area (Å²) in [6.45, 7) is 2.06. The van der Waals surface area contributed by atoms with Crippen molar-refractivity contribution < 1.29 is 35.8 Å². The van der Waals surface area contributed by atoms with E-state index in [-0.39, 0.29) is 0 Å². The van der Waals surface area contributed by atoms with Crippen LogP contribution in [0.25, 0.3) is 0 Å². The van der Waals surface area contributed by atoms with E-state index >= 15 is 0 Å². The average molecular weight is 392 g/mol. The second-order valence-electron chi connectivity index (χ2n) is 5.91. The Morgan fingerprint density at radius 2 is 1.52 bits per heavy atom. The van der Waals surface area contributed by atoms with E-state index in [2.05, 4.69) is 16.4 Å². The van der Waals surface area contributed by atoms with Crippen molar-refractivity contribution in [3.8, 4) is 11.5 Å². The first-order valence-electron chi connectivity index (χ1n) is 8.32. The molecular weight excluding hydrogens is 374 g/mol. The zero-order valence-corrected chi connectivity index (χ0v) is 14.5. The zero-order valence-electron chi connectivity index (χ0n) is 14.5. The van der Waals surface area contributed by atoms with Crippen LogP contribution >= 0.6 is 0 Å². The summed E-state index contributed by atoms with van der Waals surface area (Å²) in [5, 5.41) is 0. The molecule has 2 nitrogen and oxygen atoms in total. The van der Waals surface area contributed by atoms with Crippen LogP contribution in [0.3, 0.4) is 0 Å². The highest BCUT2D eigenvalue weighted by atomic mass is 19.4. The van der Waals surface area contributed by atoms with Gasteiger partial charge in [-0.1, -0.05) is 31.9 Å². The number of aryl methyl sites for hydroxylation is 1. The molecule has 0 heterocycles. The van der Waals surface area contributed by atoms with Gasteiger partial charge in [0, 0.05) is 6.07 Å². The lowest BCUT2D eigenvalue weighted by Gasteiger charge is -2.19. The Balaban J connectivity index is 2.08. The number of alkyl halides is 5. The van der Waals surface area contributed by atoms with E-state index < -0.39 is 35.4 Å². The summed E-state index contributed by atoms with van der Waals surface area (Å²) in [6, 6.07) is 7.29. The van der Waals surface area contributed by atoms with Crippen LogP contribution in [0.1, 0.15) is 37.3 Å². The van der Waals surface area contributed by atoms with Gasteiger partial charge in [0.1, 0.15) is 5.75 Å². The Labute approximate surface area is 152 Å². The van der Waals surface area contributed by atoms with E-state index in [1.54, 1.807) is 12.1 Å². The van der Waals surface area contributed by atoms with E-state index in [0.717, 1.165) is 37.3 Å². The van der Waals surface area contributed by atoms with Crippen molar-refractivity contribution in [1.82, 2.24) is 0 Å². The second-order valence-corrected chi connectivity index (χ2v) is 5.91. The highest BCUT2D eigenvalue weighted by molar-refractivity contribution is 5.34. The highest BCUT2D eigenvalue weighted by Gasteiger charge is 2.35. The highest BCUT2D eigenvalue weighted by Crippen LogP contribution is 2.34. The van der Waals surface area contributed by atoms with Gasteiger partial charge in [-0.25, -0.2) is 4.39 Å². The third kappa shape index (κ3) is 6.37. The molecule has 2 aromatic rings. The van der Waals surface area contributed by atoms with Crippen molar-refractivity contribution in [3.63, 3.8) is 0 Å². The molecule has 2 rings (SSSR count). The van der Waals surface area contributed by atoms with Crippen LogP contribution in [-0.2, 0) is 12.5 Å². The summed E-state index contributed by atoms with van der Waals surface area (Å²) < 4.78 is 86.3. The lowest BCUT2D eigenvalue weighted by molar-refractivity contribution is -0.275. The summed E-state index contributed by atoms with van der Waals surface area (Å²) in [6.07, 6.45) is -5.05. The van der Waals surface area contributed by atoms with Crippen LogP contribution in [0.4, 0.5) is 26.3 Å². The number of hydrogen-bond donors (Lipinski definition) is 0. The van der Waals surface area contributed by atoms with E-state index in [1.165, 1.54) is 12.1 Å². The Morgan fingerprint density at radius 3 is 2.07 bits per heavy atom. The molecule has 0 amide bonds. The summed E-state index contributed by atoms with van der Waals surface area (Å²) in [7, 11) is 0. The molecule has 0 atom stereocenters. The minimum absolute atomic E-state index is 0.411. The van der Waals surface area contributed by atoms with Crippen molar-refractivity contribution in [2.75, 3.05) is 0 Å². The summed E-state index contributed by atoms with van der Waals surface area (Å²) in [5.41, 5.74) is 0.459. The maximum absolute atomic E-state index is 14.2. The van der Waals surface area contributed by atoms with Crippen LogP contribution in [0.2, 0.25) is 0 Å². The van der Waals surface area contributed by atoms with Crippen LogP contribution in [0, 0.1) is 5.82 Å². The molecule has 0 spiro atoms. The van der Waals surface area contributed by atoms with Crippen molar-refractivity contribution in [2.45, 2.75) is 45.1 Å². The van der Waals surface area contributed by atoms with Crippen molar-refractivity contribution in [1.29, 1.82) is 0 Å². The normalized spacial score (nSPS) is 12.1. The van der Waals surface area contributed by atoms with E-state index in [4.69, 9.17) is 0 Å². The standard InChI is InChI=1S/C19H18F6O2/c1-2-3-4-5-13-6-8-14(9-7-13)18(21,22)26-15-10-11-17(16(20)12-15)27-19(23,24)25/h6-12H,2-5H2,1H3. The second kappa shape index (κ2) is 8.54. The predicted molar refractivity (Wildman–Crippen MR) is 87.3 cm³/mol. The number of ether oxygens (including phenoxy) is 2. The lowest BCUT2D eigenvalue weighted by atomic mass is 10.1. The van der Waals surface area contributed by atoms with Gasteiger partial charge in [0.2, 0.25) is 0 Å². The van der Waals surface area contributed by atoms with Crippen LogP contribution in [0.15, 0.2) is 42.5 Å². The van der Waals surface area contributed by atoms with E-state index in [0.29, 0.717) is 12.1 Å². The molecular formula is C19H18F6O2. The summed E-state index contributed by atoms with van der Waals surface area (Å²) in [4.78, 5) is 0. The number of halogens is 6. The van der Waals surface area contributed by atoms with Crippen LogP contribution < -0.4 is 9.47 Å². The first-order valence-corrected chi connectivity index (χ1v) is 8.32. The van der Waals surface area contributed by atoms with Gasteiger partial charge < -0.3 is 9.47 Å². The third-order valence-electron chi connectivity index (χ3n) is 3.73. The Kier molecular flexibility index (Phi) is 6.62. The maximum atomic E-state index is 14.2. The number of unbranched alkanes of at least 4 members (excludes halogenated alkanes) is 2. The van der Waals surface area contributed by atoms with Gasteiger partial charge in [-0.2, -0.15) is 8.78 Å². The molecule has 0 aliphatic carbocycles. The van der Waals surface area contributed by atoms with Crippen LogP contribution in [0.5, 0.6) is 11.5 Å². The fourth-order valence-corrected chi connectivity index (χ4v) is 2.40. The minimum Gasteiger partial charge on any atom is -0.429 e. The van der Waals surface area contributed by atoms with Gasteiger partial charge >= 0.3 is 12.5 Å². The summed E-state index contributed by atoms with van der Waals surface area (Å²) >= 11 is 0. The number of benzene rings is 2. The van der Waals surface area contributed by atoms with Gasteiger partial charge in [0.15, 0.2) is 11.6 Å². The maximum Gasteiger partial charge on any atom is 0.573 e. The first-order chi connectivity index (χ1) is 12.6. The fourth-order valence-electron chi connectivity index (χ4n) is 2.40. The van der Waals surface area contributed by atoms with Crippen LogP contribution in [-0.4, -0.2) is 6.36 Å². The molecule has 0 aliphatic rings. The SMILES string of the molecule is CCCCCc1ccc(C(F)(F)Oc2ccc(OC(F)(F)F)c(F)c2)cc1. The third-order valence-corrected chi connectivity index (χ3v) is 3.73. The molecule has 2 aromatic carbocycles. The number of rotatable bonds is 8. The molecule has 8 heteroatoms. The van der Waals surface area contributed by atoms with Gasteiger partial charge in [-0.05, 0) is 42.7 Å². The predicted octanol–water partition coefficient (Wildman–Crippen LogP) is 6.59. The van der Waals surface area contributed by atoms with E-state index in [1.807, 2.05) is 0 Å². The van der Waals surface area contributed by atoms with Crippen molar-refractivity contribution in [2.24, 2.45) is 0 Å². The molecule has 0 fully saturated rings. The van der Waals surface area contributed by atoms with Gasteiger partial charge in [0.05, 0.1) is 5.56 Å². The molecule has 0 N–H and O–H groups in total. The zero-order chi connectivity index (χ0) is 20.1. The molecule has 0 radical (unpaired) electrons. The Morgan fingerprint density at radius 1 is 0.852 bits per heavy atom. The van der Waals surface area contributed by atoms with Gasteiger partial charge in [-0.15, -0.1) is 13.2 Å². The topological polar surface area (TPSA) is 18.5 Å². The molecule has 0 aromatic heterocycles. The van der Waals surface area contributed by atoms with Gasteiger partial charge in [-0.3, -0.25) is 0 Å². The molecule has 0 saturated carbocycles. The molecule has 27 heavy (non-hydrogen) atoms. The first kappa shape index (κ1) is 20.9. The molecule has 0 saturated heterocycles. The van der Waals surface area contributed by atoms with Crippen molar-refractivity contribution in [3.05, 3.63) is 59.4 Å². The molecule has 0 aliphatic heterocycles. The smallest absolute Gasteiger partial charge is 0.429 e. The Bertz CT molecular complexity index is 741. The summed E-state index contributed by atoms with van der Waals surface area (Å²) in [5.74, 6) is -3.22. The van der Waals surface area contributed by atoms with Crippen molar-refractivity contribution >= 4 is 0 Å². The molecule has 0 bridgehead atoms. The quantitative estimate of drug-likeness (QED) is 0.373. The fraction of sp³-hybridized carbons (Fsp3) is 0.368. The lowest BCUT2D eigenvalue weighted by Crippen LogP contribution is -2.22. The number of hydrogen-bond acceptors (Lipinski definition) is 2. The Hall–Kier alpha value is -2.38. The molecule has 148 valence electrons. The molecule has 0 unspecified atom stereocenters.